The van der Waals surface area contributed by atoms with Gasteiger partial charge < -0.3 is 10.7 Å². The van der Waals surface area contributed by atoms with Crippen molar-refractivity contribution in [2.45, 2.75) is 12.8 Å². The molecule has 1 atom stereocenters. The third-order valence-electron chi connectivity index (χ3n) is 3.78. The third-order valence-corrected chi connectivity index (χ3v) is 3.78. The molecule has 0 aliphatic heterocycles. The van der Waals surface area contributed by atoms with Crippen LogP contribution in [0.4, 0.5) is 4.39 Å². The lowest BCUT2D eigenvalue weighted by molar-refractivity contribution is 0.629. The maximum atomic E-state index is 13.6. The highest BCUT2D eigenvalue weighted by molar-refractivity contribution is 5.85. The zero-order valence-electron chi connectivity index (χ0n) is 11.4. The molecule has 1 unspecified atom stereocenters. The summed E-state index contributed by atoms with van der Waals surface area (Å²) in [5.41, 5.74) is 10.2. The number of nitrogens with one attached hydrogen (secondary N) is 1. The summed E-state index contributed by atoms with van der Waals surface area (Å²) in [6.45, 7) is 2.51. The average Bonchev–Trinajstić information content (AvgIpc) is 2.77. The molecule has 3 aromatic rings. The minimum absolute atomic E-state index is 0.0757. The Kier molecular flexibility index (Phi) is 3.28. The van der Waals surface area contributed by atoms with Crippen LogP contribution in [0.1, 0.15) is 22.7 Å². The van der Waals surface area contributed by atoms with E-state index >= 15 is 0 Å². The Labute approximate surface area is 117 Å². The lowest BCUT2D eigenvalue weighted by Crippen LogP contribution is -2.14. The zero-order valence-corrected chi connectivity index (χ0v) is 11.4. The Bertz CT molecular complexity index is 731. The van der Waals surface area contributed by atoms with E-state index in [2.05, 4.69) is 17.1 Å². The minimum Gasteiger partial charge on any atom is -0.358 e. The van der Waals surface area contributed by atoms with Gasteiger partial charge in [-0.3, -0.25) is 0 Å². The van der Waals surface area contributed by atoms with Crippen molar-refractivity contribution < 1.29 is 4.39 Å². The Balaban J connectivity index is 2.21. The van der Waals surface area contributed by atoms with Crippen LogP contribution in [0.2, 0.25) is 0 Å². The smallest absolute Gasteiger partial charge is 0.123 e. The van der Waals surface area contributed by atoms with E-state index in [4.69, 9.17) is 5.73 Å². The molecule has 2 nitrogen and oxygen atoms in total. The molecule has 0 radical (unpaired) electrons. The van der Waals surface area contributed by atoms with Gasteiger partial charge in [-0.25, -0.2) is 4.39 Å². The number of benzene rings is 2. The monoisotopic (exact) mass is 268 g/mol. The van der Waals surface area contributed by atoms with Crippen molar-refractivity contribution in [2.24, 2.45) is 5.73 Å². The molecule has 20 heavy (non-hydrogen) atoms. The van der Waals surface area contributed by atoms with Crippen LogP contribution in [0.15, 0.2) is 48.5 Å². The Morgan fingerprint density at radius 1 is 1.15 bits per heavy atom. The van der Waals surface area contributed by atoms with Gasteiger partial charge in [0.15, 0.2) is 0 Å². The van der Waals surface area contributed by atoms with Gasteiger partial charge in [0.2, 0.25) is 0 Å². The van der Waals surface area contributed by atoms with Crippen molar-refractivity contribution in [2.75, 3.05) is 6.54 Å². The van der Waals surface area contributed by atoms with Crippen LogP contribution >= 0.6 is 0 Å². The fourth-order valence-corrected chi connectivity index (χ4v) is 2.87. The van der Waals surface area contributed by atoms with Gasteiger partial charge in [0, 0.05) is 29.1 Å². The predicted octanol–water partition coefficient (Wildman–Crippen LogP) is 3.71. The van der Waals surface area contributed by atoms with E-state index in [1.165, 1.54) is 6.07 Å². The van der Waals surface area contributed by atoms with Crippen LogP contribution < -0.4 is 5.73 Å². The van der Waals surface area contributed by atoms with E-state index in [-0.39, 0.29) is 11.7 Å². The van der Waals surface area contributed by atoms with Crippen molar-refractivity contribution in [3.8, 4) is 0 Å². The third kappa shape index (κ3) is 2.10. The summed E-state index contributed by atoms with van der Waals surface area (Å²) >= 11 is 0. The van der Waals surface area contributed by atoms with Crippen molar-refractivity contribution in [3.05, 3.63) is 71.2 Å². The molecule has 102 valence electrons. The molecule has 3 rings (SSSR count). The van der Waals surface area contributed by atoms with Crippen molar-refractivity contribution in [1.82, 2.24) is 4.98 Å². The van der Waals surface area contributed by atoms with Crippen LogP contribution in [-0.2, 0) is 0 Å². The van der Waals surface area contributed by atoms with E-state index in [0.717, 1.165) is 27.7 Å². The highest BCUT2D eigenvalue weighted by atomic mass is 19.1. The first kappa shape index (κ1) is 12.9. The number of H-pyrrole nitrogens is 1. The van der Waals surface area contributed by atoms with Gasteiger partial charge in [0.1, 0.15) is 5.82 Å². The largest absolute Gasteiger partial charge is 0.358 e. The second-order valence-electron chi connectivity index (χ2n) is 5.05. The molecule has 0 fully saturated rings. The molecule has 3 heteroatoms. The summed E-state index contributed by atoms with van der Waals surface area (Å²) in [7, 11) is 0. The SMILES string of the molecule is Cc1[nH]c2ccc(F)cc2c1C(CN)c1ccccc1. The van der Waals surface area contributed by atoms with Crippen molar-refractivity contribution >= 4 is 10.9 Å². The number of hydrogen-bond donors (Lipinski definition) is 2. The quantitative estimate of drug-likeness (QED) is 0.747. The summed E-state index contributed by atoms with van der Waals surface area (Å²) in [5, 5.41) is 0.918. The van der Waals surface area contributed by atoms with Crippen molar-refractivity contribution in [1.29, 1.82) is 0 Å². The zero-order chi connectivity index (χ0) is 14.1. The summed E-state index contributed by atoms with van der Waals surface area (Å²) in [4.78, 5) is 3.32. The summed E-state index contributed by atoms with van der Waals surface area (Å²) < 4.78 is 13.6. The maximum absolute atomic E-state index is 13.6. The lowest BCUT2D eigenvalue weighted by atomic mass is 9.89. The lowest BCUT2D eigenvalue weighted by Gasteiger charge is -2.16. The number of aromatic amines is 1. The fraction of sp³-hybridized carbons (Fsp3) is 0.176. The first-order valence-corrected chi connectivity index (χ1v) is 6.73. The first-order valence-electron chi connectivity index (χ1n) is 6.73. The molecule has 1 heterocycles. The van der Waals surface area contributed by atoms with E-state index in [1.54, 1.807) is 12.1 Å². The molecule has 0 amide bonds. The molecule has 0 saturated carbocycles. The highest BCUT2D eigenvalue weighted by Gasteiger charge is 2.19. The second-order valence-corrected chi connectivity index (χ2v) is 5.05. The maximum Gasteiger partial charge on any atom is 0.123 e. The number of hydrogen-bond acceptors (Lipinski definition) is 1. The Morgan fingerprint density at radius 2 is 1.90 bits per heavy atom. The van der Waals surface area contributed by atoms with Crippen LogP contribution in [0, 0.1) is 12.7 Å². The predicted molar refractivity (Wildman–Crippen MR) is 80.3 cm³/mol. The van der Waals surface area contributed by atoms with Crippen LogP contribution in [0.3, 0.4) is 0 Å². The number of nitrogens with two attached hydrogens (primary N) is 1. The standard InChI is InChI=1S/C17H17FN2/c1-11-17(14-9-13(18)7-8-16(14)20-11)15(10-19)12-5-3-2-4-6-12/h2-9,15,20H,10,19H2,1H3. The van der Waals surface area contributed by atoms with Gasteiger partial charge in [0.25, 0.3) is 0 Å². The van der Waals surface area contributed by atoms with E-state index in [9.17, 15) is 4.39 Å². The molecular formula is C17H17FN2. The van der Waals surface area contributed by atoms with Gasteiger partial charge >= 0.3 is 0 Å². The second kappa shape index (κ2) is 5.10. The molecule has 0 aliphatic rings. The number of fused-ring (bicyclic) bond motifs is 1. The number of halogens is 1. The molecular weight excluding hydrogens is 251 g/mol. The van der Waals surface area contributed by atoms with Crippen molar-refractivity contribution in [3.63, 3.8) is 0 Å². The van der Waals surface area contributed by atoms with Crippen LogP contribution in [-0.4, -0.2) is 11.5 Å². The van der Waals surface area contributed by atoms with E-state index < -0.39 is 0 Å². The van der Waals surface area contributed by atoms with Gasteiger partial charge in [-0.05, 0) is 36.2 Å². The highest BCUT2D eigenvalue weighted by Crippen LogP contribution is 2.33. The normalized spacial score (nSPS) is 12.8. The fourth-order valence-electron chi connectivity index (χ4n) is 2.87. The summed E-state index contributed by atoms with van der Waals surface area (Å²) in [6.07, 6.45) is 0. The summed E-state index contributed by atoms with van der Waals surface area (Å²) in [6, 6.07) is 15.0. The van der Waals surface area contributed by atoms with Crippen LogP contribution in [0.5, 0.6) is 0 Å². The molecule has 3 N–H and O–H groups in total. The molecule has 0 spiro atoms. The van der Waals surface area contributed by atoms with E-state index in [1.807, 2.05) is 25.1 Å². The van der Waals surface area contributed by atoms with Gasteiger partial charge in [-0.2, -0.15) is 0 Å². The van der Waals surface area contributed by atoms with E-state index in [0.29, 0.717) is 6.54 Å². The average molecular weight is 268 g/mol. The number of aryl methyl sites for hydroxylation is 1. The molecule has 1 aromatic heterocycles. The van der Waals surface area contributed by atoms with Gasteiger partial charge in [0.05, 0.1) is 0 Å². The number of aromatic nitrogens is 1. The minimum atomic E-state index is -0.221. The molecule has 2 aromatic carbocycles. The topological polar surface area (TPSA) is 41.8 Å². The first-order chi connectivity index (χ1) is 9.70. The Morgan fingerprint density at radius 3 is 2.60 bits per heavy atom. The van der Waals surface area contributed by atoms with Gasteiger partial charge in [-0.15, -0.1) is 0 Å². The van der Waals surface area contributed by atoms with Gasteiger partial charge in [-0.1, -0.05) is 30.3 Å². The number of rotatable bonds is 3. The summed E-state index contributed by atoms with van der Waals surface area (Å²) in [5.74, 6) is -0.145. The molecule has 0 bridgehead atoms. The molecule has 0 aliphatic carbocycles. The molecule has 0 saturated heterocycles. The Hall–Kier alpha value is -2.13. The van der Waals surface area contributed by atoms with Crippen LogP contribution in [0.25, 0.3) is 10.9 Å².